The zero-order valence-corrected chi connectivity index (χ0v) is 23.6. The first-order valence-corrected chi connectivity index (χ1v) is 11.5. The number of nitrogens with zero attached hydrogens (tertiary/aromatic N) is 6. The molecule has 5 rings (SSSR count). The van der Waals surface area contributed by atoms with E-state index in [4.69, 9.17) is 26.9 Å². The van der Waals surface area contributed by atoms with E-state index in [1.807, 2.05) is 60.7 Å². The standard InChI is InChI=1S/C15H10ClN3.C14H8N2.HNO3.Pt/c16-11-9-14(12-5-1-3-7-17-12)19-15(10-11)13-6-2-4-8-18-13;1(3-13-5-9-15-10-6-13)2-4-14-7-11-16-12-8-14;2-1(3)4;/h1-10H;5-12H;(H,2,3,4);/q;;;+2. The van der Waals surface area contributed by atoms with Crippen molar-refractivity contribution >= 4 is 11.6 Å². The van der Waals surface area contributed by atoms with Gasteiger partial charge >= 0.3 is 21.1 Å². The number of hydrogen-bond acceptors (Lipinski definition) is 7. The molecule has 0 atom stereocenters. The van der Waals surface area contributed by atoms with Crippen molar-refractivity contribution in [3.63, 3.8) is 0 Å². The molecule has 1 N–H and O–H groups in total. The van der Waals surface area contributed by atoms with Gasteiger partial charge in [-0.2, -0.15) is 0 Å². The molecule has 11 heteroatoms. The Morgan fingerprint density at radius 1 is 0.675 bits per heavy atom. The van der Waals surface area contributed by atoms with Crippen LogP contribution in [0.15, 0.2) is 110 Å². The van der Waals surface area contributed by atoms with Crippen LogP contribution in [0.4, 0.5) is 0 Å². The monoisotopic (exact) mass is 729 g/mol. The SMILES string of the molecule is C(C#Cc1ccncc1)#Cc1ccncc1.Clc1cc(-c2ccccn2)nc(-c2ccccn2)c1.O=[N+]([O-])O.[Pt+2]. The molecule has 198 valence electrons. The number of rotatable bonds is 2. The molecule has 40 heavy (non-hydrogen) atoms. The maximum atomic E-state index is 8.36. The average Bonchev–Trinajstić information content (AvgIpc) is 2.97. The quantitative estimate of drug-likeness (QED) is 0.146. The first-order chi connectivity index (χ1) is 19.0. The van der Waals surface area contributed by atoms with E-state index in [-0.39, 0.29) is 21.1 Å². The molecular formula is C29H19ClN6O3Pt+2. The molecule has 0 saturated heterocycles. The second-order valence-electron chi connectivity index (χ2n) is 7.20. The summed E-state index contributed by atoms with van der Waals surface area (Å²) in [6.45, 7) is 0. The number of pyridine rings is 5. The molecule has 5 aromatic rings. The van der Waals surface area contributed by atoms with Gasteiger partial charge in [0, 0.05) is 53.3 Å². The molecule has 0 aliphatic rings. The van der Waals surface area contributed by atoms with Crippen LogP contribution >= 0.6 is 11.6 Å². The summed E-state index contributed by atoms with van der Waals surface area (Å²) in [5.74, 6) is 11.5. The van der Waals surface area contributed by atoms with Crippen molar-refractivity contribution in [3.05, 3.63) is 136 Å². The molecule has 0 bridgehead atoms. The fraction of sp³-hybridized carbons (Fsp3) is 0. The number of aromatic nitrogens is 5. The minimum atomic E-state index is -1.50. The summed E-state index contributed by atoms with van der Waals surface area (Å²) in [5, 5.41) is 14.3. The molecule has 5 aromatic heterocycles. The molecule has 0 radical (unpaired) electrons. The zero-order valence-electron chi connectivity index (χ0n) is 20.5. The van der Waals surface area contributed by atoms with Gasteiger partial charge in [-0.1, -0.05) is 35.6 Å². The molecule has 0 spiro atoms. The predicted molar refractivity (Wildman–Crippen MR) is 147 cm³/mol. The Kier molecular flexibility index (Phi) is 13.7. The zero-order chi connectivity index (χ0) is 27.7. The largest absolute Gasteiger partial charge is 2.00 e. The molecule has 0 fully saturated rings. The van der Waals surface area contributed by atoms with Gasteiger partial charge in [0.05, 0.1) is 22.8 Å². The Labute approximate surface area is 249 Å². The second-order valence-corrected chi connectivity index (χ2v) is 7.63. The molecule has 0 aliphatic heterocycles. The first kappa shape index (κ1) is 31.3. The Balaban J connectivity index is 0.000000245. The normalized spacial score (nSPS) is 8.82. The molecule has 5 heterocycles. The molecule has 0 aromatic carbocycles. The topological polar surface area (TPSA) is 128 Å². The Morgan fingerprint density at radius 3 is 1.43 bits per heavy atom. The molecule has 0 amide bonds. The summed E-state index contributed by atoms with van der Waals surface area (Å²) in [4.78, 5) is 29.3. The van der Waals surface area contributed by atoms with Crippen molar-refractivity contribution in [2.75, 3.05) is 0 Å². The van der Waals surface area contributed by atoms with Crippen molar-refractivity contribution in [3.8, 4) is 46.5 Å². The fourth-order valence-electron chi connectivity index (χ4n) is 2.87. The van der Waals surface area contributed by atoms with Crippen molar-refractivity contribution < 1.29 is 31.4 Å². The Morgan fingerprint density at radius 2 is 1.07 bits per heavy atom. The summed E-state index contributed by atoms with van der Waals surface area (Å²) < 4.78 is 0. The third kappa shape index (κ3) is 11.6. The van der Waals surface area contributed by atoms with Crippen molar-refractivity contribution in [2.24, 2.45) is 0 Å². The Hall–Kier alpha value is -4.95. The van der Waals surface area contributed by atoms with Crippen LogP contribution in [0.3, 0.4) is 0 Å². The van der Waals surface area contributed by atoms with Gasteiger partial charge in [0.2, 0.25) is 0 Å². The second kappa shape index (κ2) is 17.5. The van der Waals surface area contributed by atoms with E-state index >= 15 is 0 Å². The van der Waals surface area contributed by atoms with Crippen LogP contribution in [0.25, 0.3) is 22.8 Å². The molecule has 0 unspecified atom stereocenters. The van der Waals surface area contributed by atoms with Crippen LogP contribution in [0.2, 0.25) is 5.02 Å². The maximum absolute atomic E-state index is 8.36. The third-order valence-corrected chi connectivity index (χ3v) is 4.70. The Bertz CT molecular complexity index is 1490. The maximum Gasteiger partial charge on any atom is 2.00 e. The van der Waals surface area contributed by atoms with E-state index in [0.717, 1.165) is 33.9 Å². The minimum Gasteiger partial charge on any atom is -0.328 e. The smallest absolute Gasteiger partial charge is 0.328 e. The molecule has 0 saturated carbocycles. The van der Waals surface area contributed by atoms with Gasteiger partial charge in [-0.05, 0) is 72.5 Å². The van der Waals surface area contributed by atoms with Crippen LogP contribution in [-0.2, 0) is 21.1 Å². The van der Waals surface area contributed by atoms with Crippen LogP contribution in [0.5, 0.6) is 0 Å². The number of halogens is 1. The first-order valence-electron chi connectivity index (χ1n) is 11.2. The molecule has 0 aliphatic carbocycles. The van der Waals surface area contributed by atoms with Crippen molar-refractivity contribution in [2.45, 2.75) is 0 Å². The third-order valence-electron chi connectivity index (χ3n) is 4.48. The molecule has 9 nitrogen and oxygen atoms in total. The van der Waals surface area contributed by atoms with E-state index in [0.29, 0.717) is 5.02 Å². The minimum absolute atomic E-state index is 0. The van der Waals surface area contributed by atoms with Gasteiger partial charge in [0.15, 0.2) is 0 Å². The van der Waals surface area contributed by atoms with Crippen LogP contribution in [0.1, 0.15) is 11.1 Å². The van der Waals surface area contributed by atoms with E-state index < -0.39 is 5.09 Å². The fourth-order valence-corrected chi connectivity index (χ4v) is 3.07. The summed E-state index contributed by atoms with van der Waals surface area (Å²) in [6, 6.07) is 22.4. The van der Waals surface area contributed by atoms with Crippen LogP contribution in [-0.4, -0.2) is 35.2 Å². The summed E-state index contributed by atoms with van der Waals surface area (Å²) in [6.07, 6.45) is 10.3. The van der Waals surface area contributed by atoms with Gasteiger partial charge in [0.25, 0.3) is 5.09 Å². The van der Waals surface area contributed by atoms with Gasteiger partial charge < -0.3 is 5.21 Å². The van der Waals surface area contributed by atoms with Gasteiger partial charge in [0.1, 0.15) is 0 Å². The summed E-state index contributed by atoms with van der Waals surface area (Å²) in [5.41, 5.74) is 4.91. The van der Waals surface area contributed by atoms with Crippen molar-refractivity contribution in [1.82, 2.24) is 24.9 Å². The van der Waals surface area contributed by atoms with E-state index in [9.17, 15) is 0 Å². The van der Waals surface area contributed by atoms with Crippen LogP contribution < -0.4 is 0 Å². The van der Waals surface area contributed by atoms with E-state index in [1.54, 1.807) is 49.3 Å². The van der Waals surface area contributed by atoms with Gasteiger partial charge in [-0.3, -0.25) is 19.9 Å². The van der Waals surface area contributed by atoms with Crippen LogP contribution in [0, 0.1) is 33.8 Å². The van der Waals surface area contributed by atoms with E-state index in [1.165, 1.54) is 0 Å². The van der Waals surface area contributed by atoms with Crippen molar-refractivity contribution in [1.29, 1.82) is 0 Å². The van der Waals surface area contributed by atoms with Gasteiger partial charge in [-0.25, -0.2) is 4.98 Å². The summed E-state index contributed by atoms with van der Waals surface area (Å²) >= 11 is 6.15. The predicted octanol–water partition coefficient (Wildman–Crippen LogP) is 5.39. The average molecular weight is 730 g/mol. The van der Waals surface area contributed by atoms with E-state index in [2.05, 4.69) is 48.6 Å². The van der Waals surface area contributed by atoms with Gasteiger partial charge in [-0.15, -0.1) is 10.1 Å². The number of hydrogen-bond donors (Lipinski definition) is 1. The summed E-state index contributed by atoms with van der Waals surface area (Å²) in [7, 11) is 0. The molecular weight excluding hydrogens is 711 g/mol.